The highest BCUT2D eigenvalue weighted by atomic mass is 32.2. The summed E-state index contributed by atoms with van der Waals surface area (Å²) < 4.78 is 30.1. The molecule has 0 saturated carbocycles. The summed E-state index contributed by atoms with van der Waals surface area (Å²) in [6.07, 6.45) is 3.70. The van der Waals surface area contributed by atoms with E-state index in [0.717, 1.165) is 40.3 Å². The van der Waals surface area contributed by atoms with Crippen molar-refractivity contribution in [1.29, 1.82) is 0 Å². The van der Waals surface area contributed by atoms with Crippen LogP contribution in [-0.4, -0.2) is 40.2 Å². The monoisotopic (exact) mass is 422 g/mol. The van der Waals surface area contributed by atoms with E-state index in [1.807, 2.05) is 0 Å². The van der Waals surface area contributed by atoms with E-state index in [2.05, 4.69) is 5.32 Å². The molecule has 1 heterocycles. The van der Waals surface area contributed by atoms with Crippen LogP contribution in [0.3, 0.4) is 0 Å². The molecule has 28 heavy (non-hydrogen) atoms. The topological polar surface area (TPSA) is 92.8 Å². The minimum Gasteiger partial charge on any atom is -0.462 e. The number of amides is 1. The molecule has 1 aliphatic rings. The molecule has 0 saturated heterocycles. The lowest BCUT2D eigenvalue weighted by atomic mass is 10.1. The van der Waals surface area contributed by atoms with Crippen molar-refractivity contribution < 1.29 is 22.7 Å². The molecule has 1 amide bonds. The third kappa shape index (κ3) is 3.90. The number of thiophene rings is 1. The van der Waals surface area contributed by atoms with Crippen molar-refractivity contribution in [2.24, 2.45) is 0 Å². The first-order valence-electron chi connectivity index (χ1n) is 8.90. The summed E-state index contributed by atoms with van der Waals surface area (Å²) in [5, 5.41) is 3.25. The van der Waals surface area contributed by atoms with Crippen molar-refractivity contribution in [3.63, 3.8) is 0 Å². The van der Waals surface area contributed by atoms with Crippen molar-refractivity contribution in [3.8, 4) is 0 Å². The number of sulfonamides is 1. The molecule has 2 aromatic rings. The van der Waals surface area contributed by atoms with Crippen molar-refractivity contribution in [2.75, 3.05) is 29.5 Å². The van der Waals surface area contributed by atoms with E-state index in [0.29, 0.717) is 10.6 Å². The smallest absolute Gasteiger partial charge is 0.341 e. The molecular weight excluding hydrogens is 400 g/mol. The maximum absolute atomic E-state index is 12.9. The van der Waals surface area contributed by atoms with E-state index in [4.69, 9.17) is 4.74 Å². The number of ether oxygens (including phenoxy) is 1. The van der Waals surface area contributed by atoms with Gasteiger partial charge in [-0.1, -0.05) is 12.1 Å². The lowest BCUT2D eigenvalue weighted by Gasteiger charge is -2.19. The van der Waals surface area contributed by atoms with E-state index in [-0.39, 0.29) is 17.9 Å². The van der Waals surface area contributed by atoms with E-state index in [9.17, 15) is 18.0 Å². The van der Waals surface area contributed by atoms with Crippen molar-refractivity contribution >= 4 is 43.9 Å². The Morgan fingerprint density at radius 2 is 1.96 bits per heavy atom. The highest BCUT2D eigenvalue weighted by Crippen LogP contribution is 2.40. The fraction of sp³-hybridized carbons (Fsp3) is 0.368. The number of esters is 1. The normalized spacial score (nSPS) is 13.1. The molecule has 3 rings (SSSR count). The Morgan fingerprint density at radius 1 is 1.25 bits per heavy atom. The molecule has 0 aliphatic heterocycles. The highest BCUT2D eigenvalue weighted by Gasteiger charge is 2.29. The Labute approximate surface area is 168 Å². The maximum atomic E-state index is 12.9. The van der Waals surface area contributed by atoms with Gasteiger partial charge in [0.15, 0.2) is 0 Å². The van der Waals surface area contributed by atoms with Gasteiger partial charge in [-0.2, -0.15) is 0 Å². The Kier molecular flexibility index (Phi) is 5.76. The van der Waals surface area contributed by atoms with Crippen LogP contribution in [0.5, 0.6) is 0 Å². The van der Waals surface area contributed by atoms with Gasteiger partial charge in [0.1, 0.15) is 5.00 Å². The highest BCUT2D eigenvalue weighted by molar-refractivity contribution is 7.92. The van der Waals surface area contributed by atoms with Gasteiger partial charge in [-0.15, -0.1) is 11.3 Å². The molecule has 0 fully saturated rings. The molecule has 0 atom stereocenters. The van der Waals surface area contributed by atoms with Gasteiger partial charge in [0, 0.05) is 11.9 Å². The quantitative estimate of drug-likeness (QED) is 0.722. The summed E-state index contributed by atoms with van der Waals surface area (Å²) in [5.74, 6) is -0.921. The minimum atomic E-state index is -3.53. The zero-order valence-electron chi connectivity index (χ0n) is 15.9. The number of hydrogen-bond acceptors (Lipinski definition) is 6. The van der Waals surface area contributed by atoms with E-state index in [1.54, 1.807) is 31.2 Å². The van der Waals surface area contributed by atoms with Gasteiger partial charge in [-0.05, 0) is 43.9 Å². The average molecular weight is 423 g/mol. The Hall–Kier alpha value is -2.39. The van der Waals surface area contributed by atoms with E-state index < -0.39 is 21.9 Å². The van der Waals surface area contributed by atoms with Crippen LogP contribution in [0, 0.1) is 0 Å². The first kappa shape index (κ1) is 20.3. The number of carbonyl (C=O) groups excluding carboxylic acids is 2. The number of anilines is 2. The first-order chi connectivity index (χ1) is 13.2. The molecule has 0 spiro atoms. The van der Waals surface area contributed by atoms with Gasteiger partial charge < -0.3 is 10.1 Å². The van der Waals surface area contributed by atoms with Crippen LogP contribution < -0.4 is 9.62 Å². The minimum absolute atomic E-state index is 0.207. The number of nitrogens with one attached hydrogen (secondary N) is 1. The third-order valence-electron chi connectivity index (χ3n) is 4.61. The number of aryl methyl sites for hydroxylation is 1. The van der Waals surface area contributed by atoms with Crippen LogP contribution in [-0.2, 0) is 27.6 Å². The third-order valence-corrected chi connectivity index (χ3v) is 7.01. The second kappa shape index (κ2) is 7.92. The van der Waals surface area contributed by atoms with Crippen LogP contribution >= 0.6 is 11.3 Å². The van der Waals surface area contributed by atoms with Gasteiger partial charge in [0.05, 0.1) is 29.7 Å². The summed E-state index contributed by atoms with van der Waals surface area (Å²) in [6.45, 7) is 1.98. The molecule has 1 aromatic heterocycles. The molecular formula is C19H22N2O5S2. The Morgan fingerprint density at radius 3 is 2.64 bits per heavy atom. The second-order valence-corrected chi connectivity index (χ2v) is 9.60. The van der Waals surface area contributed by atoms with E-state index in [1.165, 1.54) is 18.4 Å². The molecule has 0 radical (unpaired) electrons. The average Bonchev–Trinajstić information content (AvgIpc) is 3.21. The number of para-hydroxylation sites is 1. The van der Waals surface area contributed by atoms with Gasteiger partial charge in [0.2, 0.25) is 10.0 Å². The molecule has 1 N–H and O–H groups in total. The van der Waals surface area contributed by atoms with Gasteiger partial charge >= 0.3 is 5.97 Å². The summed E-state index contributed by atoms with van der Waals surface area (Å²) in [4.78, 5) is 26.5. The van der Waals surface area contributed by atoms with Gasteiger partial charge in [0.25, 0.3) is 5.91 Å². The lowest BCUT2D eigenvalue weighted by molar-refractivity contribution is 0.0527. The summed E-state index contributed by atoms with van der Waals surface area (Å²) in [5.41, 5.74) is 1.84. The number of carbonyl (C=O) groups is 2. The number of fused-ring (bicyclic) bond motifs is 1. The molecule has 150 valence electrons. The molecule has 0 bridgehead atoms. The molecule has 9 heteroatoms. The van der Waals surface area contributed by atoms with Gasteiger partial charge in [-0.3, -0.25) is 9.10 Å². The van der Waals surface area contributed by atoms with Gasteiger partial charge in [-0.25, -0.2) is 13.2 Å². The summed E-state index contributed by atoms with van der Waals surface area (Å²) >= 11 is 1.38. The molecule has 1 aliphatic carbocycles. The Balaban J connectivity index is 1.96. The SMILES string of the molecule is CCOC(=O)c1c(NC(=O)c2ccccc2N(C)S(C)(=O)=O)sc2c1CCC2. The largest absolute Gasteiger partial charge is 0.462 e. The maximum Gasteiger partial charge on any atom is 0.341 e. The fourth-order valence-corrected chi connectivity index (χ4v) is 4.99. The van der Waals surface area contributed by atoms with Crippen molar-refractivity contribution in [2.45, 2.75) is 26.2 Å². The van der Waals surface area contributed by atoms with Crippen LogP contribution in [0.15, 0.2) is 24.3 Å². The number of benzene rings is 1. The molecule has 1 aromatic carbocycles. The summed E-state index contributed by atoms with van der Waals surface area (Å²) in [6, 6.07) is 6.45. The number of rotatable bonds is 6. The molecule has 0 unspecified atom stereocenters. The summed E-state index contributed by atoms with van der Waals surface area (Å²) in [7, 11) is -2.14. The zero-order chi connectivity index (χ0) is 20.5. The first-order valence-corrected chi connectivity index (χ1v) is 11.6. The Bertz CT molecular complexity index is 1030. The number of hydrogen-bond donors (Lipinski definition) is 1. The van der Waals surface area contributed by atoms with Crippen LogP contribution in [0.4, 0.5) is 10.7 Å². The number of nitrogens with zero attached hydrogens (tertiary/aromatic N) is 1. The predicted molar refractivity (Wildman–Crippen MR) is 110 cm³/mol. The zero-order valence-corrected chi connectivity index (χ0v) is 17.6. The second-order valence-electron chi connectivity index (χ2n) is 6.48. The van der Waals surface area contributed by atoms with Crippen molar-refractivity contribution in [1.82, 2.24) is 0 Å². The van der Waals surface area contributed by atoms with Crippen molar-refractivity contribution in [3.05, 3.63) is 45.8 Å². The predicted octanol–water partition coefficient (Wildman–Crippen LogP) is 3.06. The van der Waals surface area contributed by atoms with Crippen LogP contribution in [0.25, 0.3) is 0 Å². The van der Waals surface area contributed by atoms with E-state index >= 15 is 0 Å². The lowest BCUT2D eigenvalue weighted by Crippen LogP contribution is -2.27. The van der Waals surface area contributed by atoms with Crippen LogP contribution in [0.1, 0.15) is 44.5 Å². The van der Waals surface area contributed by atoms with Crippen LogP contribution in [0.2, 0.25) is 0 Å². The standard InChI is InChI=1S/C19H22N2O5S2/c1-4-26-19(23)16-13-9-7-11-15(13)27-18(16)20-17(22)12-8-5-6-10-14(12)21(2)28(3,24)25/h5-6,8,10H,4,7,9,11H2,1-3H3,(H,20,22). The molecule has 7 nitrogen and oxygen atoms in total. The fourth-order valence-electron chi connectivity index (χ4n) is 3.20.